The van der Waals surface area contributed by atoms with Crippen molar-refractivity contribution in [2.45, 2.75) is 71.9 Å². The molecule has 0 saturated heterocycles. The molecule has 4 heteroatoms. The number of ether oxygens (including phenoxy) is 1. The van der Waals surface area contributed by atoms with E-state index in [1.165, 1.54) is 24.1 Å². The first-order chi connectivity index (χ1) is 13.7. The van der Waals surface area contributed by atoms with Gasteiger partial charge in [0.1, 0.15) is 5.75 Å². The van der Waals surface area contributed by atoms with E-state index in [9.17, 15) is 4.79 Å². The van der Waals surface area contributed by atoms with Crippen molar-refractivity contribution in [2.24, 2.45) is 0 Å². The molecule has 0 aliphatic heterocycles. The van der Waals surface area contributed by atoms with Crippen LogP contribution in [0.4, 0.5) is 0 Å². The molecule has 2 aromatic rings. The minimum atomic E-state index is 0.290. The highest BCUT2D eigenvalue weighted by molar-refractivity contribution is 5.76. The maximum absolute atomic E-state index is 12.8. The Balaban J connectivity index is 2.06. The van der Waals surface area contributed by atoms with Gasteiger partial charge in [0.05, 0.1) is 13.7 Å². The third kappa shape index (κ3) is 7.06. The molecule has 0 unspecified atom stereocenters. The molecule has 0 bridgehead atoms. The summed E-state index contributed by atoms with van der Waals surface area (Å²) in [6.45, 7) is 6.70. The Hall–Kier alpha value is -2.23. The number of amides is 1. The number of unbranched alkanes of at least 4 members (excludes halogenated alkanes) is 4. The van der Waals surface area contributed by atoms with E-state index in [-0.39, 0.29) is 0 Å². The summed E-state index contributed by atoms with van der Waals surface area (Å²) >= 11 is 0. The molecule has 4 nitrogen and oxygen atoms in total. The van der Waals surface area contributed by atoms with E-state index < -0.39 is 0 Å². The van der Waals surface area contributed by atoms with Crippen molar-refractivity contribution in [1.82, 2.24) is 9.47 Å². The second-order valence-corrected chi connectivity index (χ2v) is 7.46. The SMILES string of the molecule is CCCCCC(=O)N(CCCCC)Cc1cccn1Cc1cccc(OC)c1. The average Bonchev–Trinajstić information content (AvgIpc) is 3.14. The van der Waals surface area contributed by atoms with Crippen molar-refractivity contribution in [3.8, 4) is 5.75 Å². The molecular weight excluding hydrogens is 348 g/mol. The van der Waals surface area contributed by atoms with Crippen LogP contribution in [0.1, 0.15) is 70.1 Å². The van der Waals surface area contributed by atoms with Crippen LogP contribution in [0.25, 0.3) is 0 Å². The van der Waals surface area contributed by atoms with Crippen LogP contribution in [0.5, 0.6) is 5.75 Å². The first-order valence-corrected chi connectivity index (χ1v) is 10.7. The van der Waals surface area contributed by atoms with Crippen molar-refractivity contribution in [1.29, 1.82) is 0 Å². The second kappa shape index (κ2) is 12.3. The van der Waals surface area contributed by atoms with Gasteiger partial charge in [-0.25, -0.2) is 0 Å². The Bertz CT molecular complexity index is 708. The van der Waals surface area contributed by atoms with E-state index in [4.69, 9.17) is 4.74 Å². The number of hydrogen-bond donors (Lipinski definition) is 0. The van der Waals surface area contributed by atoms with Gasteiger partial charge in [-0.3, -0.25) is 4.79 Å². The molecule has 2 rings (SSSR count). The predicted octanol–water partition coefficient (Wildman–Crippen LogP) is 5.64. The zero-order chi connectivity index (χ0) is 20.2. The molecule has 0 spiro atoms. The van der Waals surface area contributed by atoms with Crippen molar-refractivity contribution in [2.75, 3.05) is 13.7 Å². The molecule has 154 valence electrons. The molecule has 0 aliphatic carbocycles. The van der Waals surface area contributed by atoms with Crippen molar-refractivity contribution in [3.05, 3.63) is 53.9 Å². The maximum Gasteiger partial charge on any atom is 0.222 e. The summed E-state index contributed by atoms with van der Waals surface area (Å²) in [5.74, 6) is 1.16. The molecule has 1 heterocycles. The van der Waals surface area contributed by atoms with Crippen molar-refractivity contribution < 1.29 is 9.53 Å². The number of carbonyl (C=O) groups excluding carboxylic acids is 1. The number of carbonyl (C=O) groups is 1. The van der Waals surface area contributed by atoms with E-state index in [2.05, 4.69) is 53.8 Å². The quantitative estimate of drug-likeness (QED) is 0.419. The number of benzene rings is 1. The molecule has 1 aromatic carbocycles. The van der Waals surface area contributed by atoms with E-state index in [0.717, 1.165) is 44.5 Å². The van der Waals surface area contributed by atoms with Gasteiger partial charge in [0.2, 0.25) is 5.91 Å². The van der Waals surface area contributed by atoms with Crippen molar-refractivity contribution in [3.63, 3.8) is 0 Å². The lowest BCUT2D eigenvalue weighted by Crippen LogP contribution is -2.32. The van der Waals surface area contributed by atoms with Gasteiger partial charge in [0, 0.05) is 31.4 Å². The average molecular weight is 385 g/mol. The lowest BCUT2D eigenvalue weighted by atomic mass is 10.1. The lowest BCUT2D eigenvalue weighted by Gasteiger charge is -2.24. The van der Waals surface area contributed by atoms with Gasteiger partial charge >= 0.3 is 0 Å². The first kappa shape index (κ1) is 22.1. The van der Waals surface area contributed by atoms with Crippen LogP contribution in [0.2, 0.25) is 0 Å². The Morgan fingerprint density at radius 1 is 1.04 bits per heavy atom. The summed E-state index contributed by atoms with van der Waals surface area (Å²) in [7, 11) is 1.69. The van der Waals surface area contributed by atoms with Crippen LogP contribution >= 0.6 is 0 Å². The zero-order valence-electron chi connectivity index (χ0n) is 17.8. The molecule has 0 saturated carbocycles. The molecule has 1 amide bonds. The van der Waals surface area contributed by atoms with Gasteiger partial charge in [-0.2, -0.15) is 0 Å². The van der Waals surface area contributed by atoms with Crippen LogP contribution in [-0.4, -0.2) is 29.0 Å². The van der Waals surface area contributed by atoms with E-state index >= 15 is 0 Å². The van der Waals surface area contributed by atoms with Gasteiger partial charge in [-0.05, 0) is 42.7 Å². The van der Waals surface area contributed by atoms with Gasteiger partial charge in [0.25, 0.3) is 0 Å². The second-order valence-electron chi connectivity index (χ2n) is 7.46. The third-order valence-electron chi connectivity index (χ3n) is 5.14. The van der Waals surface area contributed by atoms with Crippen LogP contribution in [-0.2, 0) is 17.9 Å². The smallest absolute Gasteiger partial charge is 0.222 e. The largest absolute Gasteiger partial charge is 0.497 e. The topological polar surface area (TPSA) is 34.5 Å². The van der Waals surface area contributed by atoms with Gasteiger partial charge < -0.3 is 14.2 Å². The summed E-state index contributed by atoms with van der Waals surface area (Å²) in [6.07, 6.45) is 9.44. The Morgan fingerprint density at radius 2 is 1.82 bits per heavy atom. The zero-order valence-corrected chi connectivity index (χ0v) is 17.8. The lowest BCUT2D eigenvalue weighted by molar-refractivity contribution is -0.132. The number of rotatable bonds is 13. The normalized spacial score (nSPS) is 10.8. The minimum absolute atomic E-state index is 0.290. The molecule has 0 atom stereocenters. The summed E-state index contributed by atoms with van der Waals surface area (Å²) in [5.41, 5.74) is 2.38. The van der Waals surface area contributed by atoms with E-state index in [0.29, 0.717) is 18.9 Å². The fourth-order valence-corrected chi connectivity index (χ4v) is 3.44. The highest BCUT2D eigenvalue weighted by Crippen LogP contribution is 2.17. The van der Waals surface area contributed by atoms with E-state index in [1.54, 1.807) is 7.11 Å². The van der Waals surface area contributed by atoms with Gasteiger partial charge in [0.15, 0.2) is 0 Å². The Kier molecular flexibility index (Phi) is 9.67. The molecule has 0 radical (unpaired) electrons. The molecule has 0 fully saturated rings. The predicted molar refractivity (Wildman–Crippen MR) is 116 cm³/mol. The van der Waals surface area contributed by atoms with E-state index in [1.807, 2.05) is 12.1 Å². The highest BCUT2D eigenvalue weighted by Gasteiger charge is 2.15. The Morgan fingerprint density at radius 3 is 2.57 bits per heavy atom. The molecular formula is C24H36N2O2. The fraction of sp³-hybridized carbons (Fsp3) is 0.542. The summed E-state index contributed by atoms with van der Waals surface area (Å²) in [4.78, 5) is 14.9. The Labute approximate surface area is 170 Å². The van der Waals surface area contributed by atoms with Crippen LogP contribution in [0, 0.1) is 0 Å². The van der Waals surface area contributed by atoms with Gasteiger partial charge in [-0.1, -0.05) is 51.7 Å². The summed E-state index contributed by atoms with van der Waals surface area (Å²) in [5, 5.41) is 0. The monoisotopic (exact) mass is 384 g/mol. The highest BCUT2D eigenvalue weighted by atomic mass is 16.5. The van der Waals surface area contributed by atoms with Crippen molar-refractivity contribution >= 4 is 5.91 Å². The summed E-state index contributed by atoms with van der Waals surface area (Å²) in [6, 6.07) is 12.4. The van der Waals surface area contributed by atoms with Crippen LogP contribution < -0.4 is 4.74 Å². The van der Waals surface area contributed by atoms with Gasteiger partial charge in [-0.15, -0.1) is 0 Å². The van der Waals surface area contributed by atoms with Crippen LogP contribution in [0.3, 0.4) is 0 Å². The van der Waals surface area contributed by atoms with Crippen LogP contribution in [0.15, 0.2) is 42.6 Å². The fourth-order valence-electron chi connectivity index (χ4n) is 3.44. The number of hydrogen-bond acceptors (Lipinski definition) is 2. The number of aromatic nitrogens is 1. The molecule has 28 heavy (non-hydrogen) atoms. The number of nitrogens with zero attached hydrogens (tertiary/aromatic N) is 2. The standard InChI is InChI=1S/C24H36N2O2/c1-4-6-8-15-24(27)26(16-9-7-5-2)20-22-13-11-17-25(22)19-21-12-10-14-23(18-21)28-3/h10-14,17-18H,4-9,15-16,19-20H2,1-3H3. The molecule has 1 aromatic heterocycles. The maximum atomic E-state index is 12.8. The minimum Gasteiger partial charge on any atom is -0.497 e. The third-order valence-corrected chi connectivity index (χ3v) is 5.14. The number of methoxy groups -OCH3 is 1. The summed E-state index contributed by atoms with van der Waals surface area (Å²) < 4.78 is 7.58. The molecule has 0 N–H and O–H groups in total. The first-order valence-electron chi connectivity index (χ1n) is 10.7. The molecule has 0 aliphatic rings.